The molecule has 0 saturated carbocycles. The molecule has 1 atom stereocenters. The largest absolute Gasteiger partial charge is 0.368 e. The second-order valence-electron chi connectivity index (χ2n) is 8.62. The Labute approximate surface area is 196 Å². The van der Waals surface area contributed by atoms with E-state index in [4.69, 9.17) is 4.74 Å². The molecule has 34 heavy (non-hydrogen) atoms. The van der Waals surface area contributed by atoms with Crippen molar-refractivity contribution in [2.45, 2.75) is 51.2 Å². The van der Waals surface area contributed by atoms with Gasteiger partial charge in [0.1, 0.15) is 17.7 Å². The van der Waals surface area contributed by atoms with Crippen molar-refractivity contribution < 1.29 is 18.7 Å². The van der Waals surface area contributed by atoms with Crippen LogP contribution in [-0.4, -0.2) is 39.3 Å². The number of aromatic nitrogens is 3. The van der Waals surface area contributed by atoms with E-state index < -0.39 is 17.8 Å². The first-order valence-corrected chi connectivity index (χ1v) is 11.6. The fourth-order valence-corrected chi connectivity index (χ4v) is 4.40. The lowest BCUT2D eigenvalue weighted by Crippen LogP contribution is -2.27. The van der Waals surface area contributed by atoms with Crippen molar-refractivity contribution in [2.24, 2.45) is 0 Å². The van der Waals surface area contributed by atoms with Crippen molar-refractivity contribution in [3.8, 4) is 11.4 Å². The number of hydrogen-bond donors (Lipinski definition) is 2. The van der Waals surface area contributed by atoms with Crippen LogP contribution < -0.4 is 10.6 Å². The van der Waals surface area contributed by atoms with Crippen LogP contribution in [0.25, 0.3) is 11.4 Å². The van der Waals surface area contributed by atoms with Crippen LogP contribution in [0.4, 0.5) is 15.8 Å². The number of halogens is 1. The Hall–Kier alpha value is -3.59. The molecule has 1 aromatic heterocycles. The van der Waals surface area contributed by atoms with Crippen molar-refractivity contribution in [1.82, 2.24) is 14.8 Å². The molecule has 2 aliphatic rings. The molecule has 5 rings (SSSR count). The fourth-order valence-electron chi connectivity index (χ4n) is 4.40. The molecule has 2 aromatic carbocycles. The number of nitrogens with one attached hydrogen (secondary N) is 2. The van der Waals surface area contributed by atoms with E-state index in [0.29, 0.717) is 35.7 Å². The van der Waals surface area contributed by atoms with E-state index >= 15 is 0 Å². The van der Waals surface area contributed by atoms with Gasteiger partial charge in [0.25, 0.3) is 11.8 Å². The molecular weight excluding hydrogens is 437 g/mol. The molecule has 8 nitrogen and oxygen atoms in total. The van der Waals surface area contributed by atoms with Gasteiger partial charge in [0.15, 0.2) is 5.82 Å². The summed E-state index contributed by atoms with van der Waals surface area (Å²) in [5.74, 6) is 0.344. The van der Waals surface area contributed by atoms with Crippen LogP contribution in [0.1, 0.15) is 48.3 Å². The maximum absolute atomic E-state index is 14.6. The van der Waals surface area contributed by atoms with Gasteiger partial charge in [-0.05, 0) is 62.1 Å². The monoisotopic (exact) mass is 463 g/mol. The summed E-state index contributed by atoms with van der Waals surface area (Å²) >= 11 is 0. The molecule has 0 radical (unpaired) electrons. The quantitative estimate of drug-likeness (QED) is 0.592. The number of ether oxygens (including phenoxy) is 1. The molecule has 0 aliphatic carbocycles. The van der Waals surface area contributed by atoms with Gasteiger partial charge in [-0.25, -0.2) is 4.39 Å². The first kappa shape index (κ1) is 22.2. The number of amides is 2. The summed E-state index contributed by atoms with van der Waals surface area (Å²) in [7, 11) is 0. The van der Waals surface area contributed by atoms with Gasteiger partial charge in [-0.1, -0.05) is 12.5 Å². The van der Waals surface area contributed by atoms with E-state index in [1.807, 2.05) is 0 Å². The van der Waals surface area contributed by atoms with E-state index in [2.05, 4.69) is 25.4 Å². The van der Waals surface area contributed by atoms with E-state index in [-0.39, 0.29) is 11.6 Å². The second kappa shape index (κ2) is 9.72. The molecule has 2 aliphatic heterocycles. The van der Waals surface area contributed by atoms with E-state index in [9.17, 15) is 14.0 Å². The Morgan fingerprint density at radius 2 is 1.94 bits per heavy atom. The third-order valence-corrected chi connectivity index (χ3v) is 6.20. The third-order valence-electron chi connectivity index (χ3n) is 6.20. The predicted molar refractivity (Wildman–Crippen MR) is 125 cm³/mol. The van der Waals surface area contributed by atoms with Crippen LogP contribution in [0.15, 0.2) is 42.5 Å². The summed E-state index contributed by atoms with van der Waals surface area (Å²) in [6, 6.07) is 11.1. The molecule has 2 N–H and O–H groups in total. The first-order valence-electron chi connectivity index (χ1n) is 11.6. The Balaban J connectivity index is 1.33. The number of anilines is 2. The molecule has 1 unspecified atom stereocenters. The van der Waals surface area contributed by atoms with Gasteiger partial charge in [0.2, 0.25) is 0 Å². The van der Waals surface area contributed by atoms with Gasteiger partial charge < -0.3 is 19.9 Å². The summed E-state index contributed by atoms with van der Waals surface area (Å²) in [5, 5.41) is 14.0. The predicted octanol–water partition coefficient (Wildman–Crippen LogP) is 4.18. The Kier molecular flexibility index (Phi) is 6.35. The molecule has 9 heteroatoms. The number of benzene rings is 2. The zero-order valence-electron chi connectivity index (χ0n) is 18.7. The number of aryl methyl sites for hydroxylation is 1. The van der Waals surface area contributed by atoms with Crippen LogP contribution >= 0.6 is 0 Å². The topological polar surface area (TPSA) is 98.1 Å². The molecule has 3 heterocycles. The molecule has 3 aromatic rings. The average Bonchev–Trinajstić information content (AvgIpc) is 3.46. The third kappa shape index (κ3) is 4.70. The number of carbonyl (C=O) groups excluding carboxylic acids is 2. The number of rotatable bonds is 5. The molecule has 1 saturated heterocycles. The minimum absolute atomic E-state index is 0.0577. The lowest BCUT2D eigenvalue weighted by Gasteiger charge is -2.12. The number of hydrogen-bond acceptors (Lipinski definition) is 5. The van der Waals surface area contributed by atoms with Crippen LogP contribution in [0.3, 0.4) is 0 Å². The Morgan fingerprint density at radius 3 is 2.79 bits per heavy atom. The van der Waals surface area contributed by atoms with Crippen molar-refractivity contribution >= 4 is 23.2 Å². The van der Waals surface area contributed by atoms with E-state index in [1.165, 1.54) is 6.07 Å². The highest BCUT2D eigenvalue weighted by Crippen LogP contribution is 2.27. The van der Waals surface area contributed by atoms with Crippen molar-refractivity contribution in [1.29, 1.82) is 0 Å². The fraction of sp³-hybridized carbons (Fsp3) is 0.360. The highest BCUT2D eigenvalue weighted by Gasteiger charge is 2.24. The van der Waals surface area contributed by atoms with Crippen LogP contribution in [-0.2, 0) is 22.5 Å². The van der Waals surface area contributed by atoms with Gasteiger partial charge in [0, 0.05) is 36.4 Å². The lowest BCUT2D eigenvalue weighted by atomic mass is 10.1. The second-order valence-corrected chi connectivity index (χ2v) is 8.62. The van der Waals surface area contributed by atoms with Crippen LogP contribution in [0, 0.1) is 5.82 Å². The Morgan fingerprint density at radius 1 is 1.03 bits per heavy atom. The highest BCUT2D eigenvalue weighted by molar-refractivity contribution is 6.05. The first-order chi connectivity index (χ1) is 16.6. The maximum atomic E-state index is 14.6. The van der Waals surface area contributed by atoms with Crippen LogP contribution in [0.5, 0.6) is 0 Å². The SMILES string of the molecule is O=C(Nc1cc(-c2nnc3n2CCCCC3)ccc1F)c1cccc(NC(=O)C2CCCO2)c1. The Bertz CT molecular complexity index is 1220. The summed E-state index contributed by atoms with van der Waals surface area (Å²) in [6.45, 7) is 1.39. The van der Waals surface area contributed by atoms with Crippen molar-refractivity contribution in [3.63, 3.8) is 0 Å². The molecule has 0 spiro atoms. The minimum atomic E-state index is -0.546. The van der Waals surface area contributed by atoms with Crippen molar-refractivity contribution in [3.05, 3.63) is 59.7 Å². The molecule has 176 valence electrons. The average molecular weight is 464 g/mol. The highest BCUT2D eigenvalue weighted by atomic mass is 19.1. The van der Waals surface area contributed by atoms with Gasteiger partial charge in [-0.2, -0.15) is 0 Å². The smallest absolute Gasteiger partial charge is 0.255 e. The van der Waals surface area contributed by atoms with Gasteiger partial charge in [-0.3, -0.25) is 9.59 Å². The van der Waals surface area contributed by atoms with Crippen LogP contribution in [0.2, 0.25) is 0 Å². The summed E-state index contributed by atoms with van der Waals surface area (Å²) in [5.41, 5.74) is 1.53. The maximum Gasteiger partial charge on any atom is 0.255 e. The summed E-state index contributed by atoms with van der Waals surface area (Å²) in [4.78, 5) is 25.2. The molecular formula is C25H26FN5O3. The van der Waals surface area contributed by atoms with Gasteiger partial charge in [0.05, 0.1) is 5.69 Å². The van der Waals surface area contributed by atoms with Crippen molar-refractivity contribution in [2.75, 3.05) is 17.2 Å². The standard InChI is InChI=1S/C25H26FN5O3/c26-19-11-10-16(23-30-29-22-9-2-1-3-12-31(22)23)15-20(19)28-24(32)17-6-4-7-18(14-17)27-25(33)21-8-5-13-34-21/h4,6-7,10-11,14-15,21H,1-3,5,8-9,12-13H2,(H,27,33)(H,28,32). The van der Waals surface area contributed by atoms with E-state index in [0.717, 1.165) is 44.5 Å². The molecule has 1 fully saturated rings. The molecule has 0 bridgehead atoms. The number of carbonyl (C=O) groups is 2. The van der Waals surface area contributed by atoms with Gasteiger partial charge >= 0.3 is 0 Å². The normalized spacial score (nSPS) is 17.6. The summed E-state index contributed by atoms with van der Waals surface area (Å²) < 4.78 is 22.1. The number of nitrogens with zero attached hydrogens (tertiary/aromatic N) is 3. The zero-order chi connectivity index (χ0) is 23.5. The zero-order valence-corrected chi connectivity index (χ0v) is 18.7. The van der Waals surface area contributed by atoms with Gasteiger partial charge in [-0.15, -0.1) is 10.2 Å². The lowest BCUT2D eigenvalue weighted by molar-refractivity contribution is -0.124. The number of fused-ring (bicyclic) bond motifs is 1. The minimum Gasteiger partial charge on any atom is -0.368 e. The summed E-state index contributed by atoms with van der Waals surface area (Å²) in [6.07, 6.45) is 5.19. The molecule has 2 amide bonds. The van der Waals surface area contributed by atoms with E-state index in [1.54, 1.807) is 36.4 Å².